The second kappa shape index (κ2) is 13.7. The maximum Gasteiger partial charge on any atom is 0.460 e. The van der Waals surface area contributed by atoms with Gasteiger partial charge in [0.2, 0.25) is 0 Å². The average molecular weight is 767 g/mol. The van der Waals surface area contributed by atoms with Gasteiger partial charge >= 0.3 is 53.6 Å². The third-order valence-corrected chi connectivity index (χ3v) is 10.3. The average Bonchev–Trinajstić information content (AvgIpc) is 3.03. The molecule has 0 bridgehead atoms. The molecule has 0 N–H and O–H groups in total. The van der Waals surface area contributed by atoms with Crippen molar-refractivity contribution < 1.29 is 83.4 Å². The monoisotopic (exact) mass is 766 g/mol. The molecule has 3 rings (SSSR count). The first-order chi connectivity index (χ1) is 22.5. The third kappa shape index (κ3) is 6.77. The van der Waals surface area contributed by atoms with Gasteiger partial charge in [0.1, 0.15) is 0 Å². The predicted octanol–water partition coefficient (Wildman–Crippen LogP) is 12.7. The van der Waals surface area contributed by atoms with Crippen LogP contribution in [-0.4, -0.2) is 47.6 Å². The lowest BCUT2D eigenvalue weighted by Gasteiger charge is -2.43. The van der Waals surface area contributed by atoms with Crippen LogP contribution in [0, 0.1) is 23.7 Å². The highest BCUT2D eigenvalue weighted by Gasteiger charge is 2.96. The lowest BCUT2D eigenvalue weighted by molar-refractivity contribution is -0.469. The van der Waals surface area contributed by atoms with Crippen molar-refractivity contribution in [1.29, 1.82) is 0 Å². The summed E-state index contributed by atoms with van der Waals surface area (Å²) >= 11 is 0. The van der Waals surface area contributed by atoms with Gasteiger partial charge in [-0.3, -0.25) is 0 Å². The summed E-state index contributed by atoms with van der Waals surface area (Å²) in [6.07, 6.45) is 2.11. The van der Waals surface area contributed by atoms with E-state index in [1.807, 2.05) is 0 Å². The first-order valence-corrected chi connectivity index (χ1v) is 15.6. The Morgan fingerprint density at radius 3 is 1.14 bits per heavy atom. The molecule has 0 aromatic heterocycles. The van der Waals surface area contributed by atoms with Crippen LogP contribution >= 0.6 is 0 Å². The van der Waals surface area contributed by atoms with E-state index in [9.17, 15) is 83.4 Å². The molecule has 0 amide bonds. The van der Waals surface area contributed by atoms with Crippen LogP contribution in [0.4, 0.5) is 83.4 Å². The van der Waals surface area contributed by atoms with Crippen LogP contribution in [0.1, 0.15) is 82.3 Å². The lowest BCUT2D eigenvalue weighted by atomic mass is 9.68. The molecule has 2 aliphatic carbocycles. The summed E-state index contributed by atoms with van der Waals surface area (Å²) in [5.41, 5.74) is -2.10. The molecular weight excluding hydrogens is 733 g/mol. The van der Waals surface area contributed by atoms with E-state index < -0.39 is 59.1 Å². The van der Waals surface area contributed by atoms with Crippen molar-refractivity contribution >= 4 is 0 Å². The van der Waals surface area contributed by atoms with Crippen LogP contribution in [0.5, 0.6) is 0 Å². The molecule has 0 atom stereocenters. The minimum absolute atomic E-state index is 0.00575. The topological polar surface area (TPSA) is 0 Å². The standard InChI is InChI=1S/C31H33F19/c1-2-17-5-11-20(12-6-17)21-13-7-18(8-14-21)3-4-19-9-15-22(16-10-19)23(32,33)24(34,35)25(36,37)26(38,39)27(40,41)28(42,43)29(44,45)30(46,47)31(48,49)50/h9-10,15-18,20-21H,2-8,11-14H2,1H3/t17-,18?,20-,21?. The molecule has 1 aromatic rings. The highest BCUT2D eigenvalue weighted by molar-refractivity contribution is 5.30. The van der Waals surface area contributed by atoms with Crippen LogP contribution in [0.25, 0.3) is 0 Å². The third-order valence-electron chi connectivity index (χ3n) is 10.3. The Bertz CT molecular complexity index is 1270. The number of hydrogen-bond acceptors (Lipinski definition) is 0. The number of benzene rings is 1. The molecule has 1 aromatic carbocycles. The summed E-state index contributed by atoms with van der Waals surface area (Å²) < 4.78 is 259. The zero-order valence-electron chi connectivity index (χ0n) is 26.1. The molecule has 19 heteroatoms. The highest BCUT2D eigenvalue weighted by Crippen LogP contribution is 2.66. The molecule has 2 aliphatic rings. The van der Waals surface area contributed by atoms with Crippen molar-refractivity contribution in [3.63, 3.8) is 0 Å². The molecule has 2 saturated carbocycles. The fourth-order valence-corrected chi connectivity index (χ4v) is 6.81. The molecule has 0 radical (unpaired) electrons. The number of hydrogen-bond donors (Lipinski definition) is 0. The SMILES string of the molecule is CC[C@H]1CC[C@H](C2CCC(CCc3ccc(C(F)(F)C(F)(F)C(F)(F)C(F)(F)C(F)(F)C(F)(F)C(F)(F)C(F)(F)C(F)(F)F)cc3)CC2)CC1. The van der Waals surface area contributed by atoms with Gasteiger partial charge in [-0.2, -0.15) is 83.4 Å². The lowest BCUT2D eigenvalue weighted by Crippen LogP contribution is -2.75. The van der Waals surface area contributed by atoms with Crippen LogP contribution < -0.4 is 0 Å². The van der Waals surface area contributed by atoms with Crippen molar-refractivity contribution in [3.05, 3.63) is 35.4 Å². The van der Waals surface area contributed by atoms with E-state index in [0.29, 0.717) is 30.4 Å². The Morgan fingerprint density at radius 2 is 0.780 bits per heavy atom. The maximum atomic E-state index is 14.7. The minimum Gasteiger partial charge on any atom is -0.194 e. The Kier molecular flexibility index (Phi) is 11.6. The number of rotatable bonds is 13. The van der Waals surface area contributed by atoms with Gasteiger partial charge in [0.15, 0.2) is 0 Å². The van der Waals surface area contributed by atoms with Crippen molar-refractivity contribution in [1.82, 2.24) is 0 Å². The summed E-state index contributed by atoms with van der Waals surface area (Å²) in [7, 11) is 0. The molecule has 290 valence electrons. The molecule has 2 fully saturated rings. The summed E-state index contributed by atoms with van der Waals surface area (Å²) in [4.78, 5) is 0. The second-order valence-corrected chi connectivity index (χ2v) is 13.3. The van der Waals surface area contributed by atoms with E-state index in [0.717, 1.165) is 50.9 Å². The molecular formula is C31H33F19. The van der Waals surface area contributed by atoms with Gasteiger partial charge in [-0.05, 0) is 67.8 Å². The first-order valence-electron chi connectivity index (χ1n) is 15.6. The van der Waals surface area contributed by atoms with Gasteiger partial charge < -0.3 is 0 Å². The Labute approximate surface area is 274 Å². The Morgan fingerprint density at radius 1 is 0.440 bits per heavy atom. The van der Waals surface area contributed by atoms with E-state index in [2.05, 4.69) is 6.92 Å². The molecule has 0 heterocycles. The van der Waals surface area contributed by atoms with E-state index in [1.54, 1.807) is 0 Å². The van der Waals surface area contributed by atoms with Gasteiger partial charge in [0, 0.05) is 5.56 Å². The zero-order valence-corrected chi connectivity index (χ0v) is 26.1. The summed E-state index contributed by atoms with van der Waals surface area (Å²) in [6, 6.07) is 1.36. The first kappa shape index (κ1) is 42.3. The summed E-state index contributed by atoms with van der Waals surface area (Å²) in [5.74, 6) is -64.5. The largest absolute Gasteiger partial charge is 0.460 e. The molecule has 0 unspecified atom stereocenters. The van der Waals surface area contributed by atoms with E-state index in [4.69, 9.17) is 0 Å². The van der Waals surface area contributed by atoms with Crippen LogP contribution in [0.15, 0.2) is 24.3 Å². The minimum atomic E-state index is -8.92. The van der Waals surface area contributed by atoms with Gasteiger partial charge in [0.25, 0.3) is 0 Å². The van der Waals surface area contributed by atoms with E-state index in [-0.39, 0.29) is 30.0 Å². The summed E-state index contributed by atoms with van der Waals surface area (Å²) in [6.45, 7) is 2.15. The van der Waals surface area contributed by atoms with Gasteiger partial charge in [-0.25, -0.2) is 0 Å². The van der Waals surface area contributed by atoms with Gasteiger partial charge in [0.05, 0.1) is 0 Å². The summed E-state index contributed by atoms with van der Waals surface area (Å²) in [5, 5.41) is 0. The van der Waals surface area contributed by atoms with Gasteiger partial charge in [-0.1, -0.05) is 63.3 Å². The van der Waals surface area contributed by atoms with Crippen LogP contribution in [0.3, 0.4) is 0 Å². The smallest absolute Gasteiger partial charge is 0.194 e. The maximum absolute atomic E-state index is 14.7. The fourth-order valence-electron chi connectivity index (χ4n) is 6.81. The normalized spacial score (nSPS) is 24.4. The number of aryl methyl sites for hydroxylation is 1. The quantitative estimate of drug-likeness (QED) is 0.175. The number of alkyl halides is 19. The van der Waals surface area contributed by atoms with Crippen molar-refractivity contribution in [2.45, 2.75) is 131 Å². The highest BCUT2D eigenvalue weighted by atomic mass is 19.4. The number of halogens is 19. The van der Waals surface area contributed by atoms with E-state index in [1.165, 1.54) is 12.8 Å². The van der Waals surface area contributed by atoms with E-state index >= 15 is 0 Å². The van der Waals surface area contributed by atoms with Crippen molar-refractivity contribution in [2.75, 3.05) is 0 Å². The Hall–Kier alpha value is -2.11. The van der Waals surface area contributed by atoms with Crippen molar-refractivity contribution in [3.8, 4) is 0 Å². The fraction of sp³-hybridized carbons (Fsp3) is 0.806. The molecule has 0 aliphatic heterocycles. The zero-order chi connectivity index (χ0) is 38.6. The predicted molar refractivity (Wildman–Crippen MR) is 141 cm³/mol. The van der Waals surface area contributed by atoms with Crippen LogP contribution in [-0.2, 0) is 12.3 Å². The van der Waals surface area contributed by atoms with Crippen LogP contribution in [0.2, 0.25) is 0 Å². The molecule has 0 spiro atoms. The van der Waals surface area contributed by atoms with Gasteiger partial charge in [-0.15, -0.1) is 0 Å². The molecule has 0 saturated heterocycles. The second-order valence-electron chi connectivity index (χ2n) is 13.3. The van der Waals surface area contributed by atoms with Crippen molar-refractivity contribution in [2.24, 2.45) is 23.7 Å². The Balaban J connectivity index is 1.74. The molecule has 50 heavy (non-hydrogen) atoms. The molecule has 0 nitrogen and oxygen atoms in total.